The van der Waals surface area contributed by atoms with Crippen LogP contribution in [0.15, 0.2) is 18.2 Å². The Morgan fingerprint density at radius 3 is 2.86 bits per heavy atom. The second kappa shape index (κ2) is 7.48. The average Bonchev–Trinajstić information content (AvgIpc) is 2.79. The van der Waals surface area contributed by atoms with Crippen molar-refractivity contribution in [3.8, 4) is 0 Å². The Kier molecular flexibility index (Phi) is 5.91. The van der Waals surface area contributed by atoms with Crippen molar-refractivity contribution < 1.29 is 5.11 Å². The topological polar surface area (TPSA) is 35.5 Å². The molecule has 1 aliphatic heterocycles. The predicted octanol–water partition coefficient (Wildman–Crippen LogP) is 3.29. The van der Waals surface area contributed by atoms with Gasteiger partial charge in [-0.05, 0) is 36.4 Å². The summed E-state index contributed by atoms with van der Waals surface area (Å²) in [6.07, 6.45) is 1.11. The minimum atomic E-state index is 0.175. The third-order valence-corrected chi connectivity index (χ3v) is 4.60. The van der Waals surface area contributed by atoms with Gasteiger partial charge in [0.2, 0.25) is 0 Å². The van der Waals surface area contributed by atoms with E-state index in [-0.39, 0.29) is 12.6 Å². The smallest absolute Gasteiger partial charge is 0.0643 e. The lowest BCUT2D eigenvalue weighted by Crippen LogP contribution is -2.36. The van der Waals surface area contributed by atoms with Crippen molar-refractivity contribution in [2.24, 2.45) is 11.8 Å². The van der Waals surface area contributed by atoms with E-state index in [2.05, 4.69) is 37.1 Å². The van der Waals surface area contributed by atoms with Crippen molar-refractivity contribution in [2.75, 3.05) is 24.6 Å². The van der Waals surface area contributed by atoms with Crippen LogP contribution in [0, 0.1) is 11.8 Å². The summed E-state index contributed by atoms with van der Waals surface area (Å²) in [5.74, 6) is 1.13. The first-order valence-electron chi connectivity index (χ1n) is 7.90. The van der Waals surface area contributed by atoms with E-state index in [1.165, 1.54) is 5.56 Å². The van der Waals surface area contributed by atoms with Gasteiger partial charge in [-0.2, -0.15) is 0 Å². The standard InChI is InChI=1S/C17H27ClN2O/c1-12(2)9-19-10-14-5-4-6-15(18)17(14)20-8-7-13(3)16(20)11-21/h4-6,12-13,16,19,21H,7-11H2,1-3H3. The molecule has 0 aliphatic carbocycles. The Morgan fingerprint density at radius 1 is 1.43 bits per heavy atom. The number of nitrogens with one attached hydrogen (secondary N) is 1. The Bertz CT molecular complexity index is 464. The molecule has 0 radical (unpaired) electrons. The zero-order valence-corrected chi connectivity index (χ0v) is 14.0. The number of hydrogen-bond acceptors (Lipinski definition) is 3. The van der Waals surface area contributed by atoms with Crippen molar-refractivity contribution >= 4 is 17.3 Å². The fraction of sp³-hybridized carbons (Fsp3) is 0.647. The fourth-order valence-electron chi connectivity index (χ4n) is 3.08. The third kappa shape index (κ3) is 3.91. The Labute approximate surface area is 133 Å². The molecule has 2 unspecified atom stereocenters. The lowest BCUT2D eigenvalue weighted by molar-refractivity contribution is 0.244. The molecule has 0 aromatic heterocycles. The zero-order chi connectivity index (χ0) is 15.4. The maximum Gasteiger partial charge on any atom is 0.0643 e. The number of hydrogen-bond donors (Lipinski definition) is 2. The molecule has 1 heterocycles. The monoisotopic (exact) mass is 310 g/mol. The number of anilines is 1. The van der Waals surface area contributed by atoms with Gasteiger partial charge in [0.1, 0.15) is 0 Å². The highest BCUT2D eigenvalue weighted by Crippen LogP contribution is 2.36. The molecule has 3 nitrogen and oxygen atoms in total. The first-order valence-corrected chi connectivity index (χ1v) is 8.28. The number of nitrogens with zero attached hydrogens (tertiary/aromatic N) is 1. The molecular formula is C17H27ClN2O. The van der Waals surface area contributed by atoms with E-state index in [0.29, 0.717) is 11.8 Å². The number of aliphatic hydroxyl groups excluding tert-OH is 1. The Morgan fingerprint density at radius 2 is 2.19 bits per heavy atom. The number of para-hydroxylation sites is 1. The maximum absolute atomic E-state index is 9.70. The van der Waals surface area contributed by atoms with Crippen LogP contribution in [0.3, 0.4) is 0 Å². The van der Waals surface area contributed by atoms with Crippen molar-refractivity contribution in [3.63, 3.8) is 0 Å². The van der Waals surface area contributed by atoms with E-state index in [0.717, 1.165) is 36.8 Å². The minimum absolute atomic E-state index is 0.175. The van der Waals surface area contributed by atoms with Gasteiger partial charge in [-0.25, -0.2) is 0 Å². The molecule has 2 rings (SSSR count). The SMILES string of the molecule is CC(C)CNCc1cccc(Cl)c1N1CCC(C)C1CO. The number of halogens is 1. The molecule has 0 saturated carbocycles. The first kappa shape index (κ1) is 16.6. The van der Waals surface area contributed by atoms with E-state index >= 15 is 0 Å². The van der Waals surface area contributed by atoms with Crippen LogP contribution in [0.5, 0.6) is 0 Å². The van der Waals surface area contributed by atoms with Gasteiger partial charge in [-0.3, -0.25) is 0 Å². The van der Waals surface area contributed by atoms with Crippen molar-refractivity contribution in [1.29, 1.82) is 0 Å². The molecule has 118 valence electrons. The fourth-order valence-corrected chi connectivity index (χ4v) is 3.39. The number of rotatable bonds is 6. The normalized spacial score (nSPS) is 22.3. The zero-order valence-electron chi connectivity index (χ0n) is 13.3. The van der Waals surface area contributed by atoms with Crippen LogP contribution >= 0.6 is 11.6 Å². The Balaban J connectivity index is 2.21. The summed E-state index contributed by atoms with van der Waals surface area (Å²) in [5.41, 5.74) is 2.31. The third-order valence-electron chi connectivity index (χ3n) is 4.30. The summed E-state index contributed by atoms with van der Waals surface area (Å²) >= 11 is 6.47. The van der Waals surface area contributed by atoms with Crippen LogP contribution in [0.2, 0.25) is 5.02 Å². The summed E-state index contributed by atoms with van der Waals surface area (Å²) in [7, 11) is 0. The van der Waals surface area contributed by atoms with Crippen LogP contribution < -0.4 is 10.2 Å². The van der Waals surface area contributed by atoms with Gasteiger partial charge >= 0.3 is 0 Å². The van der Waals surface area contributed by atoms with E-state index in [9.17, 15) is 5.11 Å². The van der Waals surface area contributed by atoms with E-state index in [4.69, 9.17) is 11.6 Å². The Hall–Kier alpha value is -0.770. The number of aliphatic hydroxyl groups is 1. The highest BCUT2D eigenvalue weighted by Gasteiger charge is 2.32. The largest absolute Gasteiger partial charge is 0.394 e. The van der Waals surface area contributed by atoms with Crippen LogP contribution in [0.25, 0.3) is 0 Å². The van der Waals surface area contributed by atoms with Gasteiger partial charge in [0.05, 0.1) is 23.4 Å². The van der Waals surface area contributed by atoms with E-state index < -0.39 is 0 Å². The molecular weight excluding hydrogens is 284 g/mol. The number of benzene rings is 1. The molecule has 2 N–H and O–H groups in total. The van der Waals surface area contributed by atoms with Crippen molar-refractivity contribution in [2.45, 2.75) is 39.8 Å². The molecule has 1 saturated heterocycles. The van der Waals surface area contributed by atoms with Gasteiger partial charge in [0.15, 0.2) is 0 Å². The lowest BCUT2D eigenvalue weighted by Gasteiger charge is -2.30. The molecule has 0 amide bonds. The van der Waals surface area contributed by atoms with Crippen molar-refractivity contribution in [1.82, 2.24) is 5.32 Å². The minimum Gasteiger partial charge on any atom is -0.394 e. The molecule has 4 heteroatoms. The molecule has 1 aromatic carbocycles. The predicted molar refractivity (Wildman–Crippen MR) is 90.0 cm³/mol. The molecule has 2 atom stereocenters. The average molecular weight is 311 g/mol. The molecule has 1 aliphatic rings. The molecule has 1 fully saturated rings. The summed E-state index contributed by atoms with van der Waals surface area (Å²) in [6.45, 7) is 9.57. The summed E-state index contributed by atoms with van der Waals surface area (Å²) in [5, 5.41) is 14.0. The van der Waals surface area contributed by atoms with Gasteiger partial charge in [0.25, 0.3) is 0 Å². The van der Waals surface area contributed by atoms with Crippen molar-refractivity contribution in [3.05, 3.63) is 28.8 Å². The summed E-state index contributed by atoms with van der Waals surface area (Å²) < 4.78 is 0. The lowest BCUT2D eigenvalue weighted by atomic mass is 10.0. The second-order valence-electron chi connectivity index (χ2n) is 6.48. The highest BCUT2D eigenvalue weighted by atomic mass is 35.5. The molecule has 0 bridgehead atoms. The van der Waals surface area contributed by atoms with Crippen LogP contribution in [0.1, 0.15) is 32.8 Å². The van der Waals surface area contributed by atoms with E-state index in [1.807, 2.05) is 12.1 Å². The van der Waals surface area contributed by atoms with Gasteiger partial charge in [0, 0.05) is 13.1 Å². The van der Waals surface area contributed by atoms with Crippen LogP contribution in [-0.4, -0.2) is 30.8 Å². The maximum atomic E-state index is 9.70. The van der Waals surface area contributed by atoms with Crippen LogP contribution in [0.4, 0.5) is 5.69 Å². The molecule has 0 spiro atoms. The summed E-state index contributed by atoms with van der Waals surface area (Å²) in [4.78, 5) is 2.29. The van der Waals surface area contributed by atoms with Gasteiger partial charge in [-0.1, -0.05) is 44.5 Å². The summed E-state index contributed by atoms with van der Waals surface area (Å²) in [6, 6.07) is 6.26. The van der Waals surface area contributed by atoms with Crippen LogP contribution in [-0.2, 0) is 6.54 Å². The quantitative estimate of drug-likeness (QED) is 0.846. The molecule has 21 heavy (non-hydrogen) atoms. The van der Waals surface area contributed by atoms with Gasteiger partial charge in [-0.15, -0.1) is 0 Å². The first-order chi connectivity index (χ1) is 10.0. The molecule has 1 aromatic rings. The van der Waals surface area contributed by atoms with Gasteiger partial charge < -0.3 is 15.3 Å². The van der Waals surface area contributed by atoms with E-state index in [1.54, 1.807) is 0 Å². The second-order valence-corrected chi connectivity index (χ2v) is 6.89. The highest BCUT2D eigenvalue weighted by molar-refractivity contribution is 6.33.